The molecular formula is C12H18N2O. The number of rotatable bonds is 3. The lowest BCUT2D eigenvalue weighted by molar-refractivity contribution is 0.198. The fraction of sp³-hybridized carbons (Fsp3) is 0.500. The zero-order chi connectivity index (χ0) is 10.7. The number of ether oxygens (including phenoxy) is 1. The molecule has 0 spiro atoms. The van der Waals surface area contributed by atoms with Crippen molar-refractivity contribution in [2.75, 3.05) is 25.9 Å². The van der Waals surface area contributed by atoms with Crippen molar-refractivity contribution in [3.05, 3.63) is 24.3 Å². The summed E-state index contributed by atoms with van der Waals surface area (Å²) in [7, 11) is 2.16. The molecule has 2 rings (SSSR count). The minimum Gasteiger partial charge on any atom is -0.492 e. The quantitative estimate of drug-likeness (QED) is 0.766. The van der Waals surface area contributed by atoms with Crippen LogP contribution in [0.25, 0.3) is 0 Å². The Labute approximate surface area is 90.8 Å². The molecule has 3 heteroatoms. The van der Waals surface area contributed by atoms with Crippen LogP contribution in [-0.2, 0) is 0 Å². The Morgan fingerprint density at radius 2 is 2.13 bits per heavy atom. The number of hydrogen-bond donors (Lipinski definition) is 1. The first kappa shape index (κ1) is 10.3. The van der Waals surface area contributed by atoms with E-state index in [-0.39, 0.29) is 0 Å². The van der Waals surface area contributed by atoms with E-state index in [9.17, 15) is 0 Å². The molecule has 2 N–H and O–H groups in total. The van der Waals surface area contributed by atoms with Gasteiger partial charge in [0.05, 0.1) is 0 Å². The first-order chi connectivity index (χ1) is 7.25. The smallest absolute Gasteiger partial charge is 0.119 e. The number of likely N-dealkylation sites (tertiary alicyclic amines) is 1. The first-order valence-corrected chi connectivity index (χ1v) is 5.44. The van der Waals surface area contributed by atoms with E-state index in [4.69, 9.17) is 10.5 Å². The second kappa shape index (κ2) is 4.53. The predicted molar refractivity (Wildman–Crippen MR) is 62.0 cm³/mol. The minimum absolute atomic E-state index is 0.572. The SMILES string of the molecule is CN1CCCC1COc1ccc(N)cc1. The summed E-state index contributed by atoms with van der Waals surface area (Å²) in [4.78, 5) is 2.36. The molecule has 1 heterocycles. The van der Waals surface area contributed by atoms with Crippen LogP contribution in [0.4, 0.5) is 5.69 Å². The standard InChI is InChI=1S/C12H18N2O/c1-14-8-2-3-11(14)9-15-12-6-4-10(13)5-7-12/h4-7,11H,2-3,8-9,13H2,1H3. The van der Waals surface area contributed by atoms with Crippen molar-refractivity contribution in [2.45, 2.75) is 18.9 Å². The zero-order valence-electron chi connectivity index (χ0n) is 9.15. The van der Waals surface area contributed by atoms with E-state index in [1.807, 2.05) is 24.3 Å². The Balaban J connectivity index is 1.85. The van der Waals surface area contributed by atoms with Gasteiger partial charge in [0.2, 0.25) is 0 Å². The molecule has 1 saturated heterocycles. The van der Waals surface area contributed by atoms with Gasteiger partial charge in [-0.25, -0.2) is 0 Å². The predicted octanol–water partition coefficient (Wildman–Crippen LogP) is 1.74. The summed E-state index contributed by atoms with van der Waals surface area (Å²) in [5.41, 5.74) is 6.38. The fourth-order valence-corrected chi connectivity index (χ4v) is 1.95. The van der Waals surface area contributed by atoms with Crippen LogP contribution in [-0.4, -0.2) is 31.1 Å². The molecule has 1 fully saturated rings. The Hall–Kier alpha value is -1.22. The van der Waals surface area contributed by atoms with E-state index in [0.717, 1.165) is 18.0 Å². The highest BCUT2D eigenvalue weighted by atomic mass is 16.5. The average Bonchev–Trinajstić information content (AvgIpc) is 2.63. The van der Waals surface area contributed by atoms with Gasteiger partial charge >= 0.3 is 0 Å². The molecule has 1 atom stereocenters. The molecule has 1 unspecified atom stereocenters. The number of likely N-dealkylation sites (N-methyl/N-ethyl adjacent to an activating group) is 1. The highest BCUT2D eigenvalue weighted by molar-refractivity contribution is 5.41. The third-order valence-electron chi connectivity index (χ3n) is 2.99. The van der Waals surface area contributed by atoms with Crippen molar-refractivity contribution in [3.63, 3.8) is 0 Å². The molecule has 0 saturated carbocycles. The number of anilines is 1. The Morgan fingerprint density at radius 1 is 1.40 bits per heavy atom. The van der Waals surface area contributed by atoms with Crippen LogP contribution >= 0.6 is 0 Å². The molecule has 0 aliphatic carbocycles. The summed E-state index contributed by atoms with van der Waals surface area (Å²) >= 11 is 0. The van der Waals surface area contributed by atoms with E-state index >= 15 is 0 Å². The molecule has 0 bridgehead atoms. The van der Waals surface area contributed by atoms with Gasteiger partial charge in [-0.2, -0.15) is 0 Å². The number of nitrogens with two attached hydrogens (primary N) is 1. The summed E-state index contributed by atoms with van der Waals surface area (Å²) in [6, 6.07) is 8.15. The van der Waals surface area contributed by atoms with E-state index < -0.39 is 0 Å². The van der Waals surface area contributed by atoms with Crippen LogP contribution in [0.15, 0.2) is 24.3 Å². The Kier molecular flexibility index (Phi) is 3.11. The van der Waals surface area contributed by atoms with Crippen LogP contribution in [0.2, 0.25) is 0 Å². The lowest BCUT2D eigenvalue weighted by Crippen LogP contribution is -2.30. The number of benzene rings is 1. The van der Waals surface area contributed by atoms with Crippen molar-refractivity contribution in [2.24, 2.45) is 0 Å². The normalized spacial score (nSPS) is 21.8. The van der Waals surface area contributed by atoms with Gasteiger partial charge in [0.25, 0.3) is 0 Å². The van der Waals surface area contributed by atoms with E-state index in [0.29, 0.717) is 6.04 Å². The van der Waals surface area contributed by atoms with Crippen LogP contribution < -0.4 is 10.5 Å². The van der Waals surface area contributed by atoms with Gasteiger partial charge in [0.1, 0.15) is 12.4 Å². The van der Waals surface area contributed by atoms with Crippen LogP contribution in [0.5, 0.6) is 5.75 Å². The molecular weight excluding hydrogens is 188 g/mol. The second-order valence-electron chi connectivity index (χ2n) is 4.16. The third-order valence-corrected chi connectivity index (χ3v) is 2.99. The maximum absolute atomic E-state index is 5.72. The molecule has 15 heavy (non-hydrogen) atoms. The lowest BCUT2D eigenvalue weighted by atomic mass is 10.2. The molecule has 3 nitrogen and oxygen atoms in total. The number of nitrogen functional groups attached to an aromatic ring is 1. The van der Waals surface area contributed by atoms with Crippen molar-refractivity contribution in [1.29, 1.82) is 0 Å². The van der Waals surface area contributed by atoms with Crippen LogP contribution in [0, 0.1) is 0 Å². The molecule has 1 aromatic rings. The van der Waals surface area contributed by atoms with Gasteiger partial charge in [-0.15, -0.1) is 0 Å². The average molecular weight is 206 g/mol. The highest BCUT2D eigenvalue weighted by Gasteiger charge is 2.20. The van der Waals surface area contributed by atoms with Crippen molar-refractivity contribution in [1.82, 2.24) is 4.90 Å². The number of hydrogen-bond acceptors (Lipinski definition) is 3. The topological polar surface area (TPSA) is 38.5 Å². The zero-order valence-corrected chi connectivity index (χ0v) is 9.15. The molecule has 0 aromatic heterocycles. The van der Waals surface area contributed by atoms with Gasteiger partial charge in [0, 0.05) is 11.7 Å². The molecule has 0 amide bonds. The van der Waals surface area contributed by atoms with Gasteiger partial charge in [-0.3, -0.25) is 0 Å². The summed E-state index contributed by atoms with van der Waals surface area (Å²) in [6.45, 7) is 1.97. The summed E-state index contributed by atoms with van der Waals surface area (Å²) < 4.78 is 5.72. The molecule has 0 radical (unpaired) electrons. The molecule has 1 aromatic carbocycles. The summed E-state index contributed by atoms with van der Waals surface area (Å²) in [5, 5.41) is 0. The Morgan fingerprint density at radius 3 is 2.73 bits per heavy atom. The largest absolute Gasteiger partial charge is 0.492 e. The van der Waals surface area contributed by atoms with Crippen molar-refractivity contribution >= 4 is 5.69 Å². The summed E-state index contributed by atoms with van der Waals surface area (Å²) in [6.07, 6.45) is 2.53. The second-order valence-corrected chi connectivity index (χ2v) is 4.16. The fourth-order valence-electron chi connectivity index (χ4n) is 1.95. The van der Waals surface area contributed by atoms with Gasteiger partial charge in [-0.1, -0.05) is 0 Å². The van der Waals surface area contributed by atoms with E-state index in [1.165, 1.54) is 19.4 Å². The van der Waals surface area contributed by atoms with Crippen molar-refractivity contribution < 1.29 is 4.74 Å². The summed E-state index contributed by atoms with van der Waals surface area (Å²) in [5.74, 6) is 0.907. The number of nitrogens with zero attached hydrogens (tertiary/aromatic N) is 1. The maximum Gasteiger partial charge on any atom is 0.119 e. The maximum atomic E-state index is 5.72. The van der Waals surface area contributed by atoms with Crippen LogP contribution in [0.1, 0.15) is 12.8 Å². The lowest BCUT2D eigenvalue weighted by Gasteiger charge is -2.19. The van der Waals surface area contributed by atoms with E-state index in [2.05, 4.69) is 11.9 Å². The van der Waals surface area contributed by atoms with Gasteiger partial charge < -0.3 is 15.4 Å². The van der Waals surface area contributed by atoms with Crippen LogP contribution in [0.3, 0.4) is 0 Å². The highest BCUT2D eigenvalue weighted by Crippen LogP contribution is 2.18. The van der Waals surface area contributed by atoms with Gasteiger partial charge in [0.15, 0.2) is 0 Å². The molecule has 82 valence electrons. The van der Waals surface area contributed by atoms with Crippen molar-refractivity contribution in [3.8, 4) is 5.75 Å². The minimum atomic E-state index is 0.572. The molecule has 1 aliphatic rings. The Bertz CT molecular complexity index is 310. The van der Waals surface area contributed by atoms with Gasteiger partial charge in [-0.05, 0) is 50.7 Å². The monoisotopic (exact) mass is 206 g/mol. The third kappa shape index (κ3) is 2.63. The molecule has 1 aliphatic heterocycles. The van der Waals surface area contributed by atoms with E-state index in [1.54, 1.807) is 0 Å². The first-order valence-electron chi connectivity index (χ1n) is 5.44.